The number of ether oxygens (including phenoxy) is 1. The van der Waals surface area contributed by atoms with Gasteiger partial charge in [-0.15, -0.1) is 0 Å². The number of nitrogens with one attached hydrogen (secondary N) is 1. The Labute approximate surface area is 170 Å². The fourth-order valence-electron chi connectivity index (χ4n) is 3.35. The maximum absolute atomic E-state index is 13.2. The van der Waals surface area contributed by atoms with E-state index in [0.29, 0.717) is 17.1 Å². The smallest absolute Gasteiger partial charge is 0.271 e. The summed E-state index contributed by atoms with van der Waals surface area (Å²) in [6, 6.07) is 13.7. The van der Waals surface area contributed by atoms with Crippen LogP contribution in [0.25, 0.3) is 0 Å². The van der Waals surface area contributed by atoms with Gasteiger partial charge in [0, 0.05) is 23.3 Å². The lowest BCUT2D eigenvalue weighted by atomic mass is 9.82. The second kappa shape index (κ2) is 7.03. The van der Waals surface area contributed by atoms with Crippen LogP contribution >= 0.6 is 11.6 Å². The molecule has 1 N–H and O–H groups in total. The van der Waals surface area contributed by atoms with Crippen molar-refractivity contribution in [1.82, 2.24) is 0 Å². The molecule has 0 radical (unpaired) electrons. The average molecular weight is 409 g/mol. The normalized spacial score (nSPS) is 12.2. The molecular weight excluding hydrogens is 396 g/mol. The maximum atomic E-state index is 13.2. The van der Waals surface area contributed by atoms with Gasteiger partial charge in [0.25, 0.3) is 5.69 Å². The van der Waals surface area contributed by atoms with Crippen LogP contribution in [0.4, 0.5) is 17.1 Å². The van der Waals surface area contributed by atoms with Crippen LogP contribution in [0.2, 0.25) is 5.02 Å². The zero-order chi connectivity index (χ0) is 20.7. The molecule has 144 valence electrons. The Morgan fingerprint density at radius 2 is 1.59 bits per heavy atom. The highest BCUT2D eigenvalue weighted by atomic mass is 35.5. The highest BCUT2D eigenvalue weighted by molar-refractivity contribution is 6.34. The molecule has 3 aromatic carbocycles. The number of nitro groups is 1. The Balaban J connectivity index is 1.81. The van der Waals surface area contributed by atoms with Crippen LogP contribution in [0.15, 0.2) is 54.6 Å². The molecule has 0 aromatic heterocycles. The van der Waals surface area contributed by atoms with Crippen molar-refractivity contribution >= 4 is 40.2 Å². The number of ketones is 2. The maximum Gasteiger partial charge on any atom is 0.271 e. The molecule has 8 heteroatoms. The summed E-state index contributed by atoms with van der Waals surface area (Å²) >= 11 is 6.16. The highest BCUT2D eigenvalue weighted by Crippen LogP contribution is 2.38. The molecule has 0 unspecified atom stereocenters. The van der Waals surface area contributed by atoms with E-state index in [4.69, 9.17) is 16.3 Å². The number of rotatable bonds is 4. The van der Waals surface area contributed by atoms with Crippen molar-refractivity contribution in [2.75, 3.05) is 12.4 Å². The zero-order valence-corrected chi connectivity index (χ0v) is 15.8. The minimum Gasteiger partial charge on any atom is -0.496 e. The number of anilines is 2. The number of benzene rings is 3. The largest absolute Gasteiger partial charge is 0.496 e. The Hall–Kier alpha value is -3.71. The molecule has 0 amide bonds. The topological polar surface area (TPSA) is 98.5 Å². The number of methoxy groups -OCH3 is 1. The van der Waals surface area contributed by atoms with Gasteiger partial charge in [0.05, 0.1) is 39.6 Å². The summed E-state index contributed by atoms with van der Waals surface area (Å²) in [7, 11) is 1.44. The molecular formula is C21H13ClN2O5. The van der Waals surface area contributed by atoms with Crippen molar-refractivity contribution in [2.24, 2.45) is 0 Å². The standard InChI is InChI=1S/C21H13ClN2O5/c1-29-17-7-3-5-13-19(17)21(26)12-4-2-6-16(18(12)20(13)25)23-15-9-8-11(24(27)28)10-14(15)22/h2-10,23H,1H3. The molecule has 1 aliphatic carbocycles. The lowest BCUT2D eigenvalue weighted by molar-refractivity contribution is -0.384. The highest BCUT2D eigenvalue weighted by Gasteiger charge is 2.34. The molecule has 0 aliphatic heterocycles. The molecule has 4 rings (SSSR count). The lowest BCUT2D eigenvalue weighted by Gasteiger charge is -2.22. The molecule has 3 aromatic rings. The number of hydrogen-bond acceptors (Lipinski definition) is 6. The molecule has 0 bridgehead atoms. The summed E-state index contributed by atoms with van der Waals surface area (Å²) in [6.07, 6.45) is 0. The zero-order valence-electron chi connectivity index (χ0n) is 15.1. The van der Waals surface area contributed by atoms with E-state index in [1.54, 1.807) is 36.4 Å². The van der Waals surface area contributed by atoms with Crippen LogP contribution in [-0.2, 0) is 0 Å². The summed E-state index contributed by atoms with van der Waals surface area (Å²) in [5.41, 5.74) is 1.56. The molecule has 0 saturated carbocycles. The molecule has 0 saturated heterocycles. The summed E-state index contributed by atoms with van der Waals surface area (Å²) in [4.78, 5) is 36.6. The first kappa shape index (κ1) is 18.6. The molecule has 1 aliphatic rings. The third-order valence-corrected chi connectivity index (χ3v) is 5.00. The van der Waals surface area contributed by atoms with E-state index in [-0.39, 0.29) is 44.5 Å². The van der Waals surface area contributed by atoms with E-state index in [9.17, 15) is 19.7 Å². The van der Waals surface area contributed by atoms with Crippen molar-refractivity contribution in [2.45, 2.75) is 0 Å². The van der Waals surface area contributed by atoms with Gasteiger partial charge >= 0.3 is 0 Å². The van der Waals surface area contributed by atoms with E-state index in [2.05, 4.69) is 5.32 Å². The summed E-state index contributed by atoms with van der Waals surface area (Å²) in [5.74, 6) is -0.302. The number of nitrogens with zero attached hydrogens (tertiary/aromatic N) is 1. The molecule has 0 spiro atoms. The minimum atomic E-state index is -0.549. The third kappa shape index (κ3) is 3.01. The third-order valence-electron chi connectivity index (χ3n) is 4.69. The average Bonchev–Trinajstić information content (AvgIpc) is 2.72. The van der Waals surface area contributed by atoms with Crippen LogP contribution in [0.3, 0.4) is 0 Å². The Morgan fingerprint density at radius 1 is 0.931 bits per heavy atom. The number of carbonyl (C=O) groups is 2. The van der Waals surface area contributed by atoms with Crippen LogP contribution < -0.4 is 10.1 Å². The van der Waals surface area contributed by atoms with Crippen LogP contribution in [-0.4, -0.2) is 23.6 Å². The van der Waals surface area contributed by atoms with Crippen molar-refractivity contribution < 1.29 is 19.2 Å². The summed E-state index contributed by atoms with van der Waals surface area (Å²) in [6.45, 7) is 0. The van der Waals surface area contributed by atoms with E-state index >= 15 is 0 Å². The van der Waals surface area contributed by atoms with Gasteiger partial charge in [-0.05, 0) is 18.2 Å². The van der Waals surface area contributed by atoms with E-state index < -0.39 is 4.92 Å². The molecule has 0 atom stereocenters. The van der Waals surface area contributed by atoms with E-state index in [1.165, 1.54) is 25.3 Å². The molecule has 0 heterocycles. The van der Waals surface area contributed by atoms with Crippen molar-refractivity contribution in [3.05, 3.63) is 92.0 Å². The van der Waals surface area contributed by atoms with Gasteiger partial charge < -0.3 is 10.1 Å². The first-order valence-corrected chi connectivity index (χ1v) is 8.90. The van der Waals surface area contributed by atoms with Crippen LogP contribution in [0, 0.1) is 10.1 Å². The predicted molar refractivity (Wildman–Crippen MR) is 108 cm³/mol. The Bertz CT molecular complexity index is 1210. The number of fused-ring (bicyclic) bond motifs is 2. The number of nitro benzene ring substituents is 1. The molecule has 7 nitrogen and oxygen atoms in total. The summed E-state index contributed by atoms with van der Waals surface area (Å²) < 4.78 is 5.26. The van der Waals surface area contributed by atoms with Crippen molar-refractivity contribution in [3.8, 4) is 5.75 Å². The van der Waals surface area contributed by atoms with Gasteiger partial charge in [-0.1, -0.05) is 35.9 Å². The van der Waals surface area contributed by atoms with Crippen LogP contribution in [0.5, 0.6) is 5.75 Å². The lowest BCUT2D eigenvalue weighted by Crippen LogP contribution is -2.22. The van der Waals surface area contributed by atoms with Crippen molar-refractivity contribution in [3.63, 3.8) is 0 Å². The number of halogens is 1. The summed E-state index contributed by atoms with van der Waals surface area (Å²) in [5, 5.41) is 14.0. The van der Waals surface area contributed by atoms with Crippen LogP contribution in [0.1, 0.15) is 31.8 Å². The molecule has 0 fully saturated rings. The van der Waals surface area contributed by atoms with E-state index in [1.807, 2.05) is 0 Å². The van der Waals surface area contributed by atoms with Gasteiger partial charge in [-0.3, -0.25) is 19.7 Å². The minimum absolute atomic E-state index is 0.119. The second-order valence-corrected chi connectivity index (χ2v) is 6.72. The van der Waals surface area contributed by atoms with Gasteiger partial charge in [-0.25, -0.2) is 0 Å². The van der Waals surface area contributed by atoms with Gasteiger partial charge in [-0.2, -0.15) is 0 Å². The fraction of sp³-hybridized carbons (Fsp3) is 0.0476. The number of non-ortho nitro benzene ring substituents is 1. The molecule has 29 heavy (non-hydrogen) atoms. The quantitative estimate of drug-likeness (QED) is 0.385. The Kier molecular flexibility index (Phi) is 4.52. The van der Waals surface area contributed by atoms with Gasteiger partial charge in [0.1, 0.15) is 5.75 Å². The number of carbonyl (C=O) groups excluding carboxylic acids is 2. The first-order chi connectivity index (χ1) is 13.9. The van der Waals surface area contributed by atoms with E-state index in [0.717, 1.165) is 0 Å². The Morgan fingerprint density at radius 3 is 2.24 bits per heavy atom. The predicted octanol–water partition coefficient (Wildman–Crippen LogP) is 4.78. The fourth-order valence-corrected chi connectivity index (χ4v) is 3.57. The van der Waals surface area contributed by atoms with Gasteiger partial charge in [0.15, 0.2) is 11.6 Å². The SMILES string of the molecule is COc1cccc2c1C(=O)c1cccc(Nc3ccc([N+](=O)[O-])cc3Cl)c1C2=O. The van der Waals surface area contributed by atoms with Crippen molar-refractivity contribution in [1.29, 1.82) is 0 Å². The van der Waals surface area contributed by atoms with Gasteiger partial charge in [0.2, 0.25) is 0 Å². The second-order valence-electron chi connectivity index (χ2n) is 6.32. The monoisotopic (exact) mass is 408 g/mol. The first-order valence-electron chi connectivity index (χ1n) is 8.52. The number of hydrogen-bond donors (Lipinski definition) is 1.